The monoisotopic (exact) mass is 426 g/mol. The van der Waals surface area contributed by atoms with Crippen molar-refractivity contribution in [1.29, 1.82) is 5.26 Å². The third-order valence-electron chi connectivity index (χ3n) is 5.46. The lowest BCUT2D eigenvalue weighted by Crippen LogP contribution is -2.28. The van der Waals surface area contributed by atoms with Gasteiger partial charge in [0, 0.05) is 12.6 Å². The fourth-order valence-corrected chi connectivity index (χ4v) is 3.99. The molecule has 9 nitrogen and oxygen atoms in total. The quantitative estimate of drug-likeness (QED) is 0.541. The molecule has 1 aromatic carbocycles. The standard InChI is InChI=1S/C23H18N6O3/c1-27-20-19(21(30)26-23(27)31)29-16(13-24)18(14-9-5-3-4-6-10-14)28(22(29)25-20)15-11-7-8-12-17(15)32-2/h3,5-12H,4H2,1-2H3,(H,26,30,31). The van der Waals surface area contributed by atoms with Gasteiger partial charge in [0.25, 0.3) is 5.56 Å². The van der Waals surface area contributed by atoms with Crippen LogP contribution in [0.4, 0.5) is 0 Å². The molecule has 158 valence electrons. The second-order valence-corrected chi connectivity index (χ2v) is 7.24. The second kappa shape index (κ2) is 7.28. The Bertz CT molecular complexity index is 1650. The maximum Gasteiger partial charge on any atom is 0.329 e. The highest BCUT2D eigenvalue weighted by Gasteiger charge is 2.27. The number of H-pyrrole nitrogens is 1. The normalized spacial score (nSPS) is 13.3. The van der Waals surface area contributed by atoms with Crippen molar-refractivity contribution in [2.24, 2.45) is 7.05 Å². The van der Waals surface area contributed by atoms with Crippen molar-refractivity contribution in [2.45, 2.75) is 6.42 Å². The summed E-state index contributed by atoms with van der Waals surface area (Å²) in [6.45, 7) is 0. The predicted octanol–water partition coefficient (Wildman–Crippen LogP) is 2.44. The topological polar surface area (TPSA) is 110 Å². The molecular weight excluding hydrogens is 408 g/mol. The number of nitrogens with one attached hydrogen (secondary N) is 1. The minimum Gasteiger partial charge on any atom is -0.495 e. The molecule has 5 rings (SSSR count). The maximum atomic E-state index is 12.8. The molecule has 0 saturated heterocycles. The van der Waals surface area contributed by atoms with Crippen LogP contribution in [-0.2, 0) is 7.05 Å². The third-order valence-corrected chi connectivity index (χ3v) is 5.46. The molecule has 9 heteroatoms. The zero-order valence-corrected chi connectivity index (χ0v) is 17.4. The summed E-state index contributed by atoms with van der Waals surface area (Å²) >= 11 is 0. The van der Waals surface area contributed by atoms with Gasteiger partial charge in [0.15, 0.2) is 16.9 Å². The van der Waals surface area contributed by atoms with E-state index in [0.29, 0.717) is 22.9 Å². The Hall–Kier alpha value is -4.58. The summed E-state index contributed by atoms with van der Waals surface area (Å²) in [7, 11) is 3.09. The number of aryl methyl sites for hydroxylation is 1. The van der Waals surface area contributed by atoms with E-state index in [2.05, 4.69) is 16.0 Å². The number of nitrogens with zero attached hydrogens (tertiary/aromatic N) is 5. The summed E-state index contributed by atoms with van der Waals surface area (Å²) < 4.78 is 10.1. The van der Waals surface area contributed by atoms with Crippen molar-refractivity contribution in [1.82, 2.24) is 23.5 Å². The Morgan fingerprint density at radius 3 is 2.81 bits per heavy atom. The van der Waals surface area contributed by atoms with Gasteiger partial charge in [0.05, 0.1) is 18.5 Å². The summed E-state index contributed by atoms with van der Waals surface area (Å²) in [4.78, 5) is 31.9. The van der Waals surface area contributed by atoms with E-state index in [1.165, 1.54) is 16.0 Å². The number of rotatable bonds is 3. The number of aromatic amines is 1. The van der Waals surface area contributed by atoms with Crippen LogP contribution >= 0.6 is 0 Å². The van der Waals surface area contributed by atoms with E-state index in [9.17, 15) is 14.9 Å². The number of allylic oxidation sites excluding steroid dienone is 6. The maximum absolute atomic E-state index is 12.8. The first kappa shape index (κ1) is 19.4. The smallest absolute Gasteiger partial charge is 0.329 e. The molecule has 0 radical (unpaired) electrons. The first-order chi connectivity index (χ1) is 15.6. The number of hydrogen-bond acceptors (Lipinski definition) is 5. The molecular formula is C23H18N6O3. The molecule has 32 heavy (non-hydrogen) atoms. The fourth-order valence-electron chi connectivity index (χ4n) is 3.99. The van der Waals surface area contributed by atoms with Gasteiger partial charge >= 0.3 is 5.69 Å². The van der Waals surface area contributed by atoms with E-state index in [1.54, 1.807) is 11.7 Å². The lowest BCUT2D eigenvalue weighted by molar-refractivity contribution is 0.413. The first-order valence-electron chi connectivity index (χ1n) is 9.90. The number of ether oxygens (including phenoxy) is 1. The molecule has 0 fully saturated rings. The van der Waals surface area contributed by atoms with Gasteiger partial charge in [-0.2, -0.15) is 10.2 Å². The third kappa shape index (κ3) is 2.66. The SMILES string of the molecule is COc1ccccc1-n1c(C2=CC=CCC=C2)c(C#N)n2c3c(=O)[nH]c(=O)n(C)c3nc12. The number of hydrogen-bond donors (Lipinski definition) is 1. The Morgan fingerprint density at radius 2 is 2.03 bits per heavy atom. The molecule has 0 atom stereocenters. The van der Waals surface area contributed by atoms with Crippen LogP contribution in [0.1, 0.15) is 17.8 Å². The van der Waals surface area contributed by atoms with Crippen LogP contribution in [0, 0.1) is 11.3 Å². The summed E-state index contributed by atoms with van der Waals surface area (Å²) in [6, 6.07) is 9.60. The van der Waals surface area contributed by atoms with Gasteiger partial charge in [-0.05, 0) is 18.6 Å². The highest BCUT2D eigenvalue weighted by molar-refractivity contribution is 5.85. The van der Waals surface area contributed by atoms with Crippen LogP contribution < -0.4 is 16.0 Å². The van der Waals surface area contributed by atoms with Gasteiger partial charge in [-0.3, -0.25) is 23.3 Å². The summed E-state index contributed by atoms with van der Waals surface area (Å²) in [5, 5.41) is 10.2. The van der Waals surface area contributed by atoms with Crippen molar-refractivity contribution in [3.8, 4) is 17.5 Å². The van der Waals surface area contributed by atoms with E-state index >= 15 is 0 Å². The van der Waals surface area contributed by atoms with Crippen molar-refractivity contribution in [3.63, 3.8) is 0 Å². The minimum atomic E-state index is -0.610. The molecule has 0 saturated carbocycles. The van der Waals surface area contributed by atoms with Crippen LogP contribution in [0.5, 0.6) is 5.75 Å². The molecule has 3 aromatic heterocycles. The molecule has 1 N–H and O–H groups in total. The Kier molecular flexibility index (Phi) is 4.41. The van der Waals surface area contributed by atoms with Crippen LogP contribution in [-0.4, -0.2) is 30.6 Å². The van der Waals surface area contributed by atoms with E-state index < -0.39 is 11.2 Å². The van der Waals surface area contributed by atoms with E-state index in [-0.39, 0.29) is 16.9 Å². The zero-order chi connectivity index (χ0) is 22.4. The molecule has 1 aliphatic carbocycles. The van der Waals surface area contributed by atoms with Crippen LogP contribution in [0.2, 0.25) is 0 Å². The number of benzene rings is 1. The molecule has 4 aromatic rings. The number of methoxy groups -OCH3 is 1. The lowest BCUT2D eigenvalue weighted by Gasteiger charge is -2.13. The van der Waals surface area contributed by atoms with Gasteiger partial charge in [0.1, 0.15) is 11.8 Å². The molecule has 0 amide bonds. The molecule has 0 unspecified atom stereocenters. The molecule has 3 heterocycles. The highest BCUT2D eigenvalue weighted by Crippen LogP contribution is 2.34. The Balaban J connectivity index is 2.06. The van der Waals surface area contributed by atoms with Crippen LogP contribution in [0.15, 0.2) is 64.2 Å². The van der Waals surface area contributed by atoms with E-state index in [4.69, 9.17) is 4.74 Å². The molecule has 0 bridgehead atoms. The predicted molar refractivity (Wildman–Crippen MR) is 120 cm³/mol. The molecule has 0 aliphatic heterocycles. The van der Waals surface area contributed by atoms with Gasteiger partial charge < -0.3 is 4.74 Å². The van der Waals surface area contributed by atoms with Crippen LogP contribution in [0.25, 0.3) is 28.2 Å². The molecule has 1 aliphatic rings. The number of fused-ring (bicyclic) bond motifs is 3. The average Bonchev–Trinajstić information content (AvgIpc) is 3.19. The summed E-state index contributed by atoms with van der Waals surface area (Å²) in [5.74, 6) is 0.893. The van der Waals surface area contributed by atoms with E-state index in [1.807, 2.05) is 54.6 Å². The van der Waals surface area contributed by atoms with Gasteiger partial charge in [-0.25, -0.2) is 4.79 Å². The summed E-state index contributed by atoms with van der Waals surface area (Å²) in [6.07, 6.45) is 10.5. The second-order valence-electron chi connectivity index (χ2n) is 7.24. The fraction of sp³-hybridized carbons (Fsp3) is 0.130. The van der Waals surface area contributed by atoms with Crippen molar-refractivity contribution in [2.75, 3.05) is 7.11 Å². The zero-order valence-electron chi connectivity index (χ0n) is 17.4. The number of imidazole rings is 2. The highest BCUT2D eigenvalue weighted by atomic mass is 16.5. The largest absolute Gasteiger partial charge is 0.495 e. The lowest BCUT2D eigenvalue weighted by atomic mass is 10.1. The Labute approximate surface area is 181 Å². The number of para-hydroxylation sites is 2. The summed E-state index contributed by atoms with van der Waals surface area (Å²) in [5.41, 5.74) is 1.34. The van der Waals surface area contributed by atoms with Gasteiger partial charge in [-0.1, -0.05) is 42.5 Å². The van der Waals surface area contributed by atoms with Crippen molar-refractivity contribution < 1.29 is 4.74 Å². The molecule has 0 spiro atoms. The minimum absolute atomic E-state index is 0.127. The first-order valence-corrected chi connectivity index (χ1v) is 9.90. The number of aromatic nitrogens is 5. The van der Waals surface area contributed by atoms with Crippen molar-refractivity contribution in [3.05, 3.63) is 86.9 Å². The van der Waals surface area contributed by atoms with Gasteiger partial charge in [-0.15, -0.1) is 0 Å². The van der Waals surface area contributed by atoms with Crippen molar-refractivity contribution >= 4 is 22.5 Å². The van der Waals surface area contributed by atoms with Gasteiger partial charge in [0.2, 0.25) is 5.78 Å². The number of nitriles is 1. The Morgan fingerprint density at radius 1 is 1.22 bits per heavy atom. The van der Waals surface area contributed by atoms with Crippen LogP contribution in [0.3, 0.4) is 0 Å². The van der Waals surface area contributed by atoms with E-state index in [0.717, 1.165) is 12.0 Å². The average molecular weight is 426 g/mol.